The number of hydrogen-bond acceptors (Lipinski definition) is 3. The standard InChI is InChI=1S/C10H18O3/c1-3-5-9(11)13-8-10(4-2)6-12-7-10/h3-8H2,1-2H3. The first kappa shape index (κ1) is 10.5. The molecule has 0 aromatic rings. The van der Waals surface area contributed by atoms with Crippen molar-refractivity contribution in [1.29, 1.82) is 0 Å². The zero-order valence-electron chi connectivity index (χ0n) is 8.47. The lowest BCUT2D eigenvalue weighted by atomic mass is 9.84. The molecule has 0 amide bonds. The van der Waals surface area contributed by atoms with Gasteiger partial charge in [-0.05, 0) is 12.8 Å². The molecule has 1 rings (SSSR count). The van der Waals surface area contributed by atoms with Crippen LogP contribution in [-0.2, 0) is 14.3 Å². The first-order valence-corrected chi connectivity index (χ1v) is 4.96. The molecule has 1 aliphatic heterocycles. The Balaban J connectivity index is 2.20. The largest absolute Gasteiger partial charge is 0.465 e. The molecule has 1 heterocycles. The molecule has 0 aliphatic carbocycles. The summed E-state index contributed by atoms with van der Waals surface area (Å²) < 4.78 is 10.3. The maximum Gasteiger partial charge on any atom is 0.305 e. The number of hydrogen-bond donors (Lipinski definition) is 0. The van der Waals surface area contributed by atoms with Gasteiger partial charge in [0.1, 0.15) is 6.61 Å². The molecule has 0 bridgehead atoms. The Labute approximate surface area is 79.4 Å². The number of rotatable bonds is 5. The summed E-state index contributed by atoms with van der Waals surface area (Å²) in [5.74, 6) is -0.0813. The zero-order chi connectivity index (χ0) is 9.73. The maximum absolute atomic E-state index is 11.1. The average Bonchev–Trinajstić information content (AvgIpc) is 2.04. The fraction of sp³-hybridized carbons (Fsp3) is 0.900. The Bertz CT molecular complexity index is 167. The molecule has 1 aliphatic rings. The molecule has 76 valence electrons. The van der Waals surface area contributed by atoms with Crippen LogP contribution in [-0.4, -0.2) is 25.8 Å². The van der Waals surface area contributed by atoms with Crippen molar-refractivity contribution in [2.24, 2.45) is 5.41 Å². The van der Waals surface area contributed by atoms with Gasteiger partial charge in [0.2, 0.25) is 0 Å². The second-order valence-corrected chi connectivity index (χ2v) is 3.76. The molecule has 0 spiro atoms. The van der Waals surface area contributed by atoms with Gasteiger partial charge >= 0.3 is 5.97 Å². The minimum atomic E-state index is -0.0813. The summed E-state index contributed by atoms with van der Waals surface area (Å²) >= 11 is 0. The van der Waals surface area contributed by atoms with Crippen LogP contribution in [0.1, 0.15) is 33.1 Å². The van der Waals surface area contributed by atoms with E-state index >= 15 is 0 Å². The molecule has 0 atom stereocenters. The highest BCUT2D eigenvalue weighted by molar-refractivity contribution is 5.69. The van der Waals surface area contributed by atoms with Crippen molar-refractivity contribution in [2.75, 3.05) is 19.8 Å². The van der Waals surface area contributed by atoms with E-state index in [1.165, 1.54) is 0 Å². The molecule has 1 saturated heterocycles. The van der Waals surface area contributed by atoms with Crippen LogP contribution in [0, 0.1) is 5.41 Å². The van der Waals surface area contributed by atoms with E-state index in [0.717, 1.165) is 26.1 Å². The van der Waals surface area contributed by atoms with Crippen LogP contribution in [0.5, 0.6) is 0 Å². The fourth-order valence-corrected chi connectivity index (χ4v) is 1.29. The molecule has 0 unspecified atom stereocenters. The van der Waals surface area contributed by atoms with Gasteiger partial charge in [0.15, 0.2) is 0 Å². The summed E-state index contributed by atoms with van der Waals surface area (Å²) in [5.41, 5.74) is 0.128. The fourth-order valence-electron chi connectivity index (χ4n) is 1.29. The molecule has 0 N–H and O–H groups in total. The van der Waals surface area contributed by atoms with E-state index in [0.29, 0.717) is 13.0 Å². The van der Waals surface area contributed by atoms with Crippen LogP contribution in [0.4, 0.5) is 0 Å². The number of esters is 1. The minimum Gasteiger partial charge on any atom is -0.465 e. The van der Waals surface area contributed by atoms with Crippen LogP contribution in [0.25, 0.3) is 0 Å². The normalized spacial score (nSPS) is 19.2. The van der Waals surface area contributed by atoms with Gasteiger partial charge in [-0.3, -0.25) is 4.79 Å². The van der Waals surface area contributed by atoms with E-state index in [1.807, 2.05) is 6.92 Å². The predicted molar refractivity (Wildman–Crippen MR) is 49.4 cm³/mol. The minimum absolute atomic E-state index is 0.0813. The summed E-state index contributed by atoms with van der Waals surface area (Å²) in [5, 5.41) is 0. The van der Waals surface area contributed by atoms with Crippen molar-refractivity contribution in [3.05, 3.63) is 0 Å². The second-order valence-electron chi connectivity index (χ2n) is 3.76. The maximum atomic E-state index is 11.1. The van der Waals surface area contributed by atoms with Crippen LogP contribution in [0.15, 0.2) is 0 Å². The third kappa shape index (κ3) is 2.69. The van der Waals surface area contributed by atoms with Gasteiger partial charge in [0.25, 0.3) is 0 Å². The number of ether oxygens (including phenoxy) is 2. The Morgan fingerprint density at radius 1 is 1.46 bits per heavy atom. The van der Waals surface area contributed by atoms with Gasteiger partial charge in [-0.1, -0.05) is 13.8 Å². The lowest BCUT2D eigenvalue weighted by Gasteiger charge is -2.39. The SMILES string of the molecule is CCCC(=O)OCC1(CC)COC1. The number of carbonyl (C=O) groups excluding carboxylic acids is 1. The van der Waals surface area contributed by atoms with Crippen molar-refractivity contribution in [3.8, 4) is 0 Å². The van der Waals surface area contributed by atoms with Crippen molar-refractivity contribution >= 4 is 5.97 Å². The molecule has 0 aromatic carbocycles. The Kier molecular flexibility index (Phi) is 3.72. The van der Waals surface area contributed by atoms with E-state index in [4.69, 9.17) is 9.47 Å². The van der Waals surface area contributed by atoms with Gasteiger partial charge in [0, 0.05) is 6.42 Å². The van der Waals surface area contributed by atoms with Crippen LogP contribution in [0.3, 0.4) is 0 Å². The second kappa shape index (κ2) is 4.61. The molecule has 0 radical (unpaired) electrons. The molecule has 0 saturated carbocycles. The molecule has 13 heavy (non-hydrogen) atoms. The third-order valence-electron chi connectivity index (χ3n) is 2.56. The van der Waals surface area contributed by atoms with Crippen molar-refractivity contribution in [3.63, 3.8) is 0 Å². The average molecular weight is 186 g/mol. The Hall–Kier alpha value is -0.570. The quantitative estimate of drug-likeness (QED) is 0.614. The van der Waals surface area contributed by atoms with Crippen molar-refractivity contribution in [2.45, 2.75) is 33.1 Å². The third-order valence-corrected chi connectivity index (χ3v) is 2.56. The first-order valence-electron chi connectivity index (χ1n) is 4.96. The monoisotopic (exact) mass is 186 g/mol. The lowest BCUT2D eigenvalue weighted by molar-refractivity contribution is -0.170. The highest BCUT2D eigenvalue weighted by Gasteiger charge is 2.38. The molecular formula is C10H18O3. The summed E-state index contributed by atoms with van der Waals surface area (Å²) in [4.78, 5) is 11.1. The summed E-state index contributed by atoms with van der Waals surface area (Å²) in [6.07, 6.45) is 2.40. The van der Waals surface area contributed by atoms with Crippen molar-refractivity contribution < 1.29 is 14.3 Å². The van der Waals surface area contributed by atoms with Crippen molar-refractivity contribution in [1.82, 2.24) is 0 Å². The zero-order valence-corrected chi connectivity index (χ0v) is 8.47. The van der Waals surface area contributed by atoms with E-state index in [9.17, 15) is 4.79 Å². The lowest BCUT2D eigenvalue weighted by Crippen LogP contribution is -2.46. The highest BCUT2D eigenvalue weighted by atomic mass is 16.5. The summed E-state index contributed by atoms with van der Waals surface area (Å²) in [6.45, 7) is 6.09. The van der Waals surface area contributed by atoms with E-state index < -0.39 is 0 Å². The van der Waals surface area contributed by atoms with E-state index in [2.05, 4.69) is 6.92 Å². The molecule has 1 fully saturated rings. The van der Waals surface area contributed by atoms with Gasteiger partial charge in [-0.2, -0.15) is 0 Å². The summed E-state index contributed by atoms with van der Waals surface area (Å²) in [7, 11) is 0. The Morgan fingerprint density at radius 2 is 2.15 bits per heavy atom. The van der Waals surface area contributed by atoms with Gasteiger partial charge < -0.3 is 9.47 Å². The van der Waals surface area contributed by atoms with E-state index in [1.54, 1.807) is 0 Å². The van der Waals surface area contributed by atoms with E-state index in [-0.39, 0.29) is 11.4 Å². The van der Waals surface area contributed by atoms with Gasteiger partial charge in [-0.15, -0.1) is 0 Å². The van der Waals surface area contributed by atoms with Gasteiger partial charge in [0.05, 0.1) is 18.6 Å². The highest BCUT2D eigenvalue weighted by Crippen LogP contribution is 2.31. The van der Waals surface area contributed by atoms with Crippen LogP contribution in [0.2, 0.25) is 0 Å². The summed E-state index contributed by atoms with van der Waals surface area (Å²) in [6, 6.07) is 0. The number of carbonyl (C=O) groups is 1. The molecule has 3 nitrogen and oxygen atoms in total. The Morgan fingerprint density at radius 3 is 2.54 bits per heavy atom. The van der Waals surface area contributed by atoms with Crippen LogP contribution < -0.4 is 0 Å². The topological polar surface area (TPSA) is 35.5 Å². The smallest absolute Gasteiger partial charge is 0.305 e. The molecular weight excluding hydrogens is 168 g/mol. The molecule has 0 aromatic heterocycles. The first-order chi connectivity index (χ1) is 6.22. The molecule has 3 heteroatoms. The predicted octanol–water partition coefficient (Wildman–Crippen LogP) is 1.76. The van der Waals surface area contributed by atoms with Gasteiger partial charge in [-0.25, -0.2) is 0 Å². The van der Waals surface area contributed by atoms with Crippen LogP contribution >= 0.6 is 0 Å².